The summed E-state index contributed by atoms with van der Waals surface area (Å²) < 4.78 is 16.8. The second-order valence-corrected chi connectivity index (χ2v) is 8.05. The number of imidazole rings is 2. The lowest BCUT2D eigenvalue weighted by atomic mass is 10.0. The summed E-state index contributed by atoms with van der Waals surface area (Å²) in [6.45, 7) is 6.17. The normalized spacial score (nSPS) is 11.4. The number of halogens is 1. The maximum absolute atomic E-state index is 13.4. The van der Waals surface area contributed by atoms with Gasteiger partial charge >= 0.3 is 5.69 Å². The predicted octanol–water partition coefficient (Wildman–Crippen LogP) is 4.15. The largest absolute Gasteiger partial charge is 0.328 e. The second-order valence-electron chi connectivity index (χ2n) is 8.05. The summed E-state index contributed by atoms with van der Waals surface area (Å²) in [6, 6.07) is 11.8. The van der Waals surface area contributed by atoms with Crippen molar-refractivity contribution < 1.29 is 9.18 Å². The molecule has 0 radical (unpaired) electrons. The molecule has 0 atom stereocenters. The fraction of sp³-hybridized carbons (Fsp3) is 0.261. The minimum atomic E-state index is -0.338. The van der Waals surface area contributed by atoms with Crippen LogP contribution in [0.5, 0.6) is 0 Å². The Kier molecular flexibility index (Phi) is 5.22. The van der Waals surface area contributed by atoms with Crippen molar-refractivity contribution in [2.45, 2.75) is 27.3 Å². The molecule has 7 nitrogen and oxygen atoms in total. The number of nitrogens with zero attached hydrogens (tertiary/aromatic N) is 3. The standard InChI is InChI=1S/C23H24FN5O2/c1-13(2)12-29-18-10-7-16(11-19(18)28(4)23(29)31)21-20(15-5-8-17(24)9-6-15)26-22(27-21)25-14(3)30/h5-11,13H,12H2,1-4H3,(H2,25,26,27,30). The highest BCUT2D eigenvalue weighted by molar-refractivity contribution is 5.90. The Balaban J connectivity index is 1.89. The molecule has 1 amide bonds. The van der Waals surface area contributed by atoms with Crippen LogP contribution in [0.15, 0.2) is 47.3 Å². The molecule has 8 heteroatoms. The fourth-order valence-corrected chi connectivity index (χ4v) is 3.73. The third kappa shape index (κ3) is 3.88. The molecular formula is C23H24FN5O2. The van der Waals surface area contributed by atoms with Gasteiger partial charge in [0.25, 0.3) is 0 Å². The molecule has 0 saturated heterocycles. The van der Waals surface area contributed by atoms with Crippen LogP contribution in [0.2, 0.25) is 0 Å². The first-order valence-corrected chi connectivity index (χ1v) is 10.1. The van der Waals surface area contributed by atoms with E-state index in [0.717, 1.165) is 22.2 Å². The Bertz CT molecular complexity index is 1330. The number of carbonyl (C=O) groups excluding carboxylic acids is 1. The minimum Gasteiger partial charge on any atom is -0.323 e. The number of fused-ring (bicyclic) bond motifs is 1. The highest BCUT2D eigenvalue weighted by Crippen LogP contribution is 2.33. The predicted molar refractivity (Wildman–Crippen MR) is 119 cm³/mol. The van der Waals surface area contributed by atoms with Crippen LogP contribution in [0.1, 0.15) is 20.8 Å². The molecule has 0 aliphatic carbocycles. The van der Waals surface area contributed by atoms with Crippen molar-refractivity contribution in [3.63, 3.8) is 0 Å². The van der Waals surface area contributed by atoms with E-state index < -0.39 is 0 Å². The van der Waals surface area contributed by atoms with Gasteiger partial charge in [-0.2, -0.15) is 0 Å². The summed E-state index contributed by atoms with van der Waals surface area (Å²) in [5.41, 5.74) is 4.32. The van der Waals surface area contributed by atoms with Crippen molar-refractivity contribution in [3.8, 4) is 22.5 Å². The van der Waals surface area contributed by atoms with Crippen LogP contribution in [0.4, 0.5) is 10.3 Å². The number of amides is 1. The molecule has 0 fully saturated rings. The van der Waals surface area contributed by atoms with Gasteiger partial charge < -0.3 is 4.98 Å². The van der Waals surface area contributed by atoms with E-state index in [9.17, 15) is 14.0 Å². The van der Waals surface area contributed by atoms with Crippen molar-refractivity contribution in [3.05, 3.63) is 58.8 Å². The van der Waals surface area contributed by atoms with Crippen LogP contribution in [0.3, 0.4) is 0 Å². The van der Waals surface area contributed by atoms with Crippen LogP contribution >= 0.6 is 0 Å². The molecule has 0 unspecified atom stereocenters. The zero-order valence-corrected chi connectivity index (χ0v) is 17.9. The molecule has 2 N–H and O–H groups in total. The van der Waals surface area contributed by atoms with Gasteiger partial charge in [0.05, 0.1) is 22.4 Å². The Hall–Kier alpha value is -3.68. The quantitative estimate of drug-likeness (QED) is 0.508. The number of hydrogen-bond donors (Lipinski definition) is 2. The van der Waals surface area contributed by atoms with Gasteiger partial charge in [-0.1, -0.05) is 19.9 Å². The molecule has 0 aliphatic heterocycles. The van der Waals surface area contributed by atoms with Gasteiger partial charge in [-0.25, -0.2) is 14.2 Å². The highest BCUT2D eigenvalue weighted by Gasteiger charge is 2.18. The number of nitrogens with one attached hydrogen (secondary N) is 2. The van der Waals surface area contributed by atoms with Gasteiger partial charge in [0.2, 0.25) is 11.9 Å². The molecule has 2 aromatic carbocycles. The Labute approximate surface area is 178 Å². The van der Waals surface area contributed by atoms with Gasteiger partial charge in [-0.3, -0.25) is 19.2 Å². The first-order chi connectivity index (χ1) is 14.7. The van der Waals surface area contributed by atoms with E-state index in [4.69, 9.17) is 0 Å². The number of carbonyl (C=O) groups is 1. The van der Waals surface area contributed by atoms with Crippen molar-refractivity contribution in [1.29, 1.82) is 0 Å². The average Bonchev–Trinajstić information content (AvgIpc) is 3.22. The number of benzene rings is 2. The molecule has 2 aromatic heterocycles. The van der Waals surface area contributed by atoms with Crippen LogP contribution in [0, 0.1) is 11.7 Å². The van der Waals surface area contributed by atoms with E-state index in [1.807, 2.05) is 18.2 Å². The third-order valence-electron chi connectivity index (χ3n) is 5.10. The first kappa shape index (κ1) is 20.6. The highest BCUT2D eigenvalue weighted by atomic mass is 19.1. The summed E-state index contributed by atoms with van der Waals surface area (Å²) >= 11 is 0. The summed E-state index contributed by atoms with van der Waals surface area (Å²) in [4.78, 5) is 31.9. The molecule has 4 aromatic rings. The second kappa shape index (κ2) is 7.86. The number of aromatic nitrogens is 4. The van der Waals surface area contributed by atoms with Crippen molar-refractivity contribution in [1.82, 2.24) is 19.1 Å². The zero-order valence-electron chi connectivity index (χ0n) is 17.9. The Morgan fingerprint density at radius 2 is 1.81 bits per heavy atom. The summed E-state index contributed by atoms with van der Waals surface area (Å²) in [6.07, 6.45) is 0. The first-order valence-electron chi connectivity index (χ1n) is 10.1. The van der Waals surface area contributed by atoms with Crippen LogP contribution in [-0.4, -0.2) is 25.0 Å². The molecule has 0 aliphatic rings. The lowest BCUT2D eigenvalue weighted by Crippen LogP contribution is -2.24. The van der Waals surface area contributed by atoms with Crippen molar-refractivity contribution in [2.75, 3.05) is 5.32 Å². The molecule has 0 spiro atoms. The third-order valence-corrected chi connectivity index (χ3v) is 5.10. The minimum absolute atomic E-state index is 0.0689. The summed E-state index contributed by atoms with van der Waals surface area (Å²) in [5, 5.41) is 2.66. The number of aromatic amines is 1. The number of rotatable bonds is 5. The number of H-pyrrole nitrogens is 1. The van der Waals surface area contributed by atoms with Crippen molar-refractivity contribution >= 4 is 22.9 Å². The van der Waals surface area contributed by atoms with E-state index >= 15 is 0 Å². The molecule has 0 bridgehead atoms. The smallest absolute Gasteiger partial charge is 0.323 e. The Morgan fingerprint density at radius 1 is 1.13 bits per heavy atom. The van der Waals surface area contributed by atoms with E-state index in [0.29, 0.717) is 29.8 Å². The number of hydrogen-bond acceptors (Lipinski definition) is 3. The van der Waals surface area contributed by atoms with Gasteiger partial charge in [-0.05, 0) is 42.3 Å². The molecule has 0 saturated carbocycles. The van der Waals surface area contributed by atoms with Gasteiger partial charge in [0.15, 0.2) is 0 Å². The van der Waals surface area contributed by atoms with E-state index in [2.05, 4.69) is 29.1 Å². The lowest BCUT2D eigenvalue weighted by molar-refractivity contribution is -0.114. The average molecular weight is 421 g/mol. The van der Waals surface area contributed by atoms with Crippen molar-refractivity contribution in [2.24, 2.45) is 13.0 Å². The zero-order chi connectivity index (χ0) is 22.3. The topological polar surface area (TPSA) is 84.7 Å². The van der Waals surface area contributed by atoms with Crippen LogP contribution in [0.25, 0.3) is 33.5 Å². The van der Waals surface area contributed by atoms with E-state index in [-0.39, 0.29) is 17.4 Å². The monoisotopic (exact) mass is 421 g/mol. The van der Waals surface area contributed by atoms with Gasteiger partial charge in [0.1, 0.15) is 5.82 Å². The number of aryl methyl sites for hydroxylation is 1. The summed E-state index contributed by atoms with van der Waals surface area (Å²) in [7, 11) is 1.75. The Morgan fingerprint density at radius 3 is 2.45 bits per heavy atom. The van der Waals surface area contributed by atoms with E-state index in [1.54, 1.807) is 28.3 Å². The fourth-order valence-electron chi connectivity index (χ4n) is 3.73. The molecule has 2 heterocycles. The summed E-state index contributed by atoms with van der Waals surface area (Å²) in [5.74, 6) is 0.0391. The van der Waals surface area contributed by atoms with Crippen LogP contribution < -0.4 is 11.0 Å². The van der Waals surface area contributed by atoms with Gasteiger partial charge in [0, 0.05) is 31.6 Å². The molecule has 4 rings (SSSR count). The maximum Gasteiger partial charge on any atom is 0.328 e. The van der Waals surface area contributed by atoms with E-state index in [1.165, 1.54) is 19.1 Å². The number of anilines is 1. The molecule has 160 valence electrons. The molecule has 31 heavy (non-hydrogen) atoms. The lowest BCUT2D eigenvalue weighted by Gasteiger charge is -2.07. The van der Waals surface area contributed by atoms with Crippen LogP contribution in [-0.2, 0) is 18.4 Å². The van der Waals surface area contributed by atoms with Gasteiger partial charge in [-0.15, -0.1) is 0 Å². The molecular weight excluding hydrogens is 397 g/mol. The maximum atomic E-state index is 13.4. The SMILES string of the molecule is CC(=O)Nc1nc(-c2ccc3c(c2)n(C)c(=O)n3CC(C)C)c(-c2ccc(F)cc2)[nH]1.